The Morgan fingerprint density at radius 1 is 0.903 bits per heavy atom. The zero-order valence-electron chi connectivity index (χ0n) is 18.1. The van der Waals surface area contributed by atoms with Crippen LogP contribution in [-0.4, -0.2) is 38.3 Å². The van der Waals surface area contributed by atoms with Gasteiger partial charge in [-0.2, -0.15) is 4.31 Å². The van der Waals surface area contributed by atoms with Gasteiger partial charge < -0.3 is 4.90 Å². The molecule has 0 saturated carbocycles. The summed E-state index contributed by atoms with van der Waals surface area (Å²) < 4.78 is 28.2. The van der Waals surface area contributed by atoms with E-state index in [2.05, 4.69) is 6.58 Å². The van der Waals surface area contributed by atoms with Crippen LogP contribution in [-0.2, 0) is 20.2 Å². The maximum Gasteiger partial charge on any atom is 0.243 e. The lowest BCUT2D eigenvalue weighted by Gasteiger charge is -2.28. The number of amides is 1. The molecule has 2 aliphatic rings. The number of hydrogen-bond donors (Lipinski definition) is 0. The molecule has 2 bridgehead atoms. The summed E-state index contributed by atoms with van der Waals surface area (Å²) in [5.74, 6) is 0.0894. The summed E-state index contributed by atoms with van der Waals surface area (Å²) in [6, 6.07) is 16.5. The lowest BCUT2D eigenvalue weighted by atomic mass is 9.78. The summed E-state index contributed by atoms with van der Waals surface area (Å²) in [5.41, 5.74) is 2.03. The highest BCUT2D eigenvalue weighted by Gasteiger charge is 2.47. The van der Waals surface area contributed by atoms with Crippen molar-refractivity contribution in [3.63, 3.8) is 0 Å². The van der Waals surface area contributed by atoms with Crippen molar-refractivity contribution in [1.29, 1.82) is 0 Å². The fourth-order valence-electron chi connectivity index (χ4n) is 4.83. The number of rotatable bonds is 2. The summed E-state index contributed by atoms with van der Waals surface area (Å²) in [5, 5.41) is 0. The summed E-state index contributed by atoms with van der Waals surface area (Å²) in [4.78, 5) is 15.7. The van der Waals surface area contributed by atoms with Gasteiger partial charge in [-0.05, 0) is 49.9 Å². The molecule has 6 heteroatoms. The third-order valence-electron chi connectivity index (χ3n) is 6.43. The van der Waals surface area contributed by atoms with E-state index in [1.54, 1.807) is 24.3 Å². The number of fused-ring (bicyclic) bond motifs is 5. The minimum Gasteiger partial charge on any atom is -0.311 e. The minimum atomic E-state index is -3.62. The third-order valence-corrected chi connectivity index (χ3v) is 8.29. The molecule has 1 unspecified atom stereocenters. The predicted molar refractivity (Wildman–Crippen MR) is 124 cm³/mol. The molecule has 2 heterocycles. The smallest absolute Gasteiger partial charge is 0.243 e. The van der Waals surface area contributed by atoms with E-state index in [1.165, 1.54) is 4.31 Å². The first-order valence-corrected chi connectivity index (χ1v) is 12.4. The summed E-state index contributed by atoms with van der Waals surface area (Å²) >= 11 is 0. The number of carbonyl (C=O) groups is 1. The number of carbonyl (C=O) groups excluding carboxylic acids is 1. The molecule has 1 atom stereocenters. The largest absolute Gasteiger partial charge is 0.311 e. The molecule has 164 valence electrons. The molecule has 5 nitrogen and oxygen atoms in total. The molecule has 0 aliphatic carbocycles. The van der Waals surface area contributed by atoms with Crippen LogP contribution >= 0.6 is 0 Å². The number of para-hydroxylation sites is 1. The van der Waals surface area contributed by atoms with Crippen molar-refractivity contribution in [2.75, 3.05) is 24.5 Å². The lowest BCUT2D eigenvalue weighted by Crippen LogP contribution is -2.40. The zero-order chi connectivity index (χ0) is 22.1. The van der Waals surface area contributed by atoms with Crippen molar-refractivity contribution in [2.45, 2.75) is 49.3 Å². The molecule has 2 aromatic carbocycles. The van der Waals surface area contributed by atoms with Gasteiger partial charge in [-0.3, -0.25) is 4.79 Å². The monoisotopic (exact) mass is 438 g/mol. The Hall–Kier alpha value is -2.44. The summed E-state index contributed by atoms with van der Waals surface area (Å²) in [6.07, 6.45) is 4.01. The van der Waals surface area contributed by atoms with Crippen molar-refractivity contribution in [1.82, 2.24) is 4.31 Å². The molecule has 1 saturated heterocycles. The van der Waals surface area contributed by atoms with Crippen molar-refractivity contribution in [3.8, 4) is 0 Å². The summed E-state index contributed by atoms with van der Waals surface area (Å²) in [7, 11) is -3.62. The second-order valence-corrected chi connectivity index (χ2v) is 10.7. The second-order valence-electron chi connectivity index (χ2n) is 8.80. The molecule has 1 fully saturated rings. The quantitative estimate of drug-likeness (QED) is 0.649. The number of benzene rings is 2. The maximum atomic E-state index is 13.5. The Morgan fingerprint density at radius 2 is 1.55 bits per heavy atom. The third kappa shape index (κ3) is 4.06. The van der Waals surface area contributed by atoms with E-state index in [0.29, 0.717) is 24.4 Å². The Bertz CT molecular complexity index is 1080. The predicted octanol–water partition coefficient (Wildman–Crippen LogP) is 4.50. The fourth-order valence-corrected chi connectivity index (χ4v) is 6.35. The van der Waals surface area contributed by atoms with Crippen LogP contribution in [0.15, 0.2) is 71.6 Å². The number of hydrogen-bond acceptors (Lipinski definition) is 3. The van der Waals surface area contributed by atoms with Gasteiger partial charge in [-0.15, -0.1) is 0 Å². The number of nitrogens with zero attached hydrogens (tertiary/aromatic N) is 2. The van der Waals surface area contributed by atoms with Crippen LogP contribution in [0.2, 0.25) is 0 Å². The van der Waals surface area contributed by atoms with Crippen molar-refractivity contribution in [2.24, 2.45) is 0 Å². The van der Waals surface area contributed by atoms with Gasteiger partial charge in [0.05, 0.1) is 10.3 Å². The SMILES string of the molecule is C=C1CN(S(=O)(=O)c2ccccc2)CCCCCCN2C(=O)C(C)(C1)c1ccccc12. The van der Waals surface area contributed by atoms with Gasteiger partial charge in [0.25, 0.3) is 0 Å². The highest BCUT2D eigenvalue weighted by Crippen LogP contribution is 2.45. The summed E-state index contributed by atoms with van der Waals surface area (Å²) in [6.45, 7) is 7.57. The molecule has 31 heavy (non-hydrogen) atoms. The second kappa shape index (κ2) is 8.60. The molecular weight excluding hydrogens is 408 g/mol. The molecular formula is C25H30N2O3S. The van der Waals surface area contributed by atoms with E-state index in [9.17, 15) is 13.2 Å². The van der Waals surface area contributed by atoms with E-state index in [-0.39, 0.29) is 12.5 Å². The van der Waals surface area contributed by atoms with Crippen LogP contribution in [0.1, 0.15) is 44.6 Å². The van der Waals surface area contributed by atoms with Crippen molar-refractivity contribution < 1.29 is 13.2 Å². The first-order chi connectivity index (χ1) is 14.8. The van der Waals surface area contributed by atoms with Crippen molar-refractivity contribution in [3.05, 3.63) is 72.3 Å². The average molecular weight is 439 g/mol. The Balaban J connectivity index is 1.67. The van der Waals surface area contributed by atoms with E-state index >= 15 is 0 Å². The zero-order valence-corrected chi connectivity index (χ0v) is 18.9. The Labute approximate surface area is 185 Å². The van der Waals surface area contributed by atoms with Gasteiger partial charge in [0.1, 0.15) is 0 Å². The van der Waals surface area contributed by atoms with E-state index < -0.39 is 15.4 Å². The molecule has 0 radical (unpaired) electrons. The van der Waals surface area contributed by atoms with Gasteiger partial charge in [0.15, 0.2) is 0 Å². The van der Waals surface area contributed by atoms with Gasteiger partial charge in [-0.25, -0.2) is 8.42 Å². The maximum absolute atomic E-state index is 13.5. The molecule has 1 amide bonds. The van der Waals surface area contributed by atoms with Gasteiger partial charge in [0, 0.05) is 25.3 Å². The van der Waals surface area contributed by atoms with E-state index in [1.807, 2.05) is 42.2 Å². The standard InChI is InChI=1S/C25H30N2O3S/c1-20-18-25(2)22-14-8-9-15-23(22)27(24(25)28)17-11-4-3-10-16-26(19-20)31(29,30)21-12-6-5-7-13-21/h5-9,12-15H,1,3-4,10-11,16-19H2,2H3. The van der Waals surface area contributed by atoms with E-state index in [0.717, 1.165) is 42.5 Å². The van der Waals surface area contributed by atoms with Gasteiger partial charge in [0.2, 0.25) is 15.9 Å². The first-order valence-electron chi connectivity index (χ1n) is 11.0. The van der Waals surface area contributed by atoms with Crippen LogP contribution < -0.4 is 4.90 Å². The van der Waals surface area contributed by atoms with Gasteiger partial charge in [-0.1, -0.05) is 61.4 Å². The average Bonchev–Trinajstić information content (AvgIpc) is 2.97. The topological polar surface area (TPSA) is 57.7 Å². The lowest BCUT2D eigenvalue weighted by molar-refractivity contribution is -0.122. The van der Waals surface area contributed by atoms with Crippen molar-refractivity contribution >= 4 is 21.6 Å². The molecule has 0 N–H and O–H groups in total. The van der Waals surface area contributed by atoms with Crippen LogP contribution in [0.4, 0.5) is 5.69 Å². The van der Waals surface area contributed by atoms with E-state index in [4.69, 9.17) is 0 Å². The normalized spacial score (nSPS) is 23.6. The Kier molecular flexibility index (Phi) is 6.04. The van der Waals surface area contributed by atoms with Crippen LogP contribution in [0.25, 0.3) is 0 Å². The van der Waals surface area contributed by atoms with Crippen LogP contribution in [0, 0.1) is 0 Å². The van der Waals surface area contributed by atoms with Crippen LogP contribution in [0.3, 0.4) is 0 Å². The molecule has 0 aromatic heterocycles. The number of sulfonamides is 1. The van der Waals surface area contributed by atoms with Gasteiger partial charge >= 0.3 is 0 Å². The highest BCUT2D eigenvalue weighted by atomic mass is 32.2. The molecule has 2 aromatic rings. The first kappa shape index (κ1) is 21.8. The molecule has 0 spiro atoms. The minimum absolute atomic E-state index is 0.0894. The molecule has 4 rings (SSSR count). The number of anilines is 1. The van der Waals surface area contributed by atoms with Crippen LogP contribution in [0.5, 0.6) is 0 Å². The Morgan fingerprint density at radius 3 is 2.29 bits per heavy atom. The molecule has 2 aliphatic heterocycles. The fraction of sp³-hybridized carbons (Fsp3) is 0.400. The highest BCUT2D eigenvalue weighted by molar-refractivity contribution is 7.89.